The molecular weight excluding hydrogens is 224 g/mol. The molecule has 0 radical (unpaired) electrons. The standard InChI is InChI=1S/C11H16N2O2S/c1-13(16(2,14)15)11-9-6-4-3-5-8(9)7-10(11)12/h3-6,10-11H,7,12H2,1-2H3/t10?,11-/m1/s1. The summed E-state index contributed by atoms with van der Waals surface area (Å²) in [6.45, 7) is 0. The van der Waals surface area contributed by atoms with Crippen LogP contribution in [0, 0.1) is 0 Å². The Morgan fingerprint density at radius 2 is 2.00 bits per heavy atom. The van der Waals surface area contributed by atoms with E-state index in [1.165, 1.54) is 10.6 Å². The molecule has 0 saturated carbocycles. The van der Waals surface area contributed by atoms with Gasteiger partial charge in [-0.15, -0.1) is 0 Å². The molecule has 1 aromatic carbocycles. The number of likely N-dealkylation sites (N-methyl/N-ethyl adjacent to an activating group) is 1. The predicted octanol–water partition coefficient (Wildman–Crippen LogP) is 0.503. The quantitative estimate of drug-likeness (QED) is 0.819. The van der Waals surface area contributed by atoms with Crippen molar-refractivity contribution in [1.82, 2.24) is 4.31 Å². The van der Waals surface area contributed by atoms with E-state index in [4.69, 9.17) is 5.73 Å². The van der Waals surface area contributed by atoms with E-state index in [0.29, 0.717) is 0 Å². The van der Waals surface area contributed by atoms with Crippen LogP contribution in [0.2, 0.25) is 0 Å². The molecule has 0 fully saturated rings. The Labute approximate surface area is 96.1 Å². The van der Waals surface area contributed by atoms with Crippen molar-refractivity contribution in [2.24, 2.45) is 5.73 Å². The molecule has 1 aliphatic carbocycles. The highest BCUT2D eigenvalue weighted by Crippen LogP contribution is 2.35. The topological polar surface area (TPSA) is 63.4 Å². The molecule has 5 heteroatoms. The van der Waals surface area contributed by atoms with Gasteiger partial charge in [-0.3, -0.25) is 0 Å². The second kappa shape index (κ2) is 3.84. The molecule has 1 aromatic rings. The number of nitrogens with two attached hydrogens (primary N) is 1. The largest absolute Gasteiger partial charge is 0.326 e. The number of hydrogen-bond donors (Lipinski definition) is 1. The lowest BCUT2D eigenvalue weighted by Gasteiger charge is -2.26. The lowest BCUT2D eigenvalue weighted by Crippen LogP contribution is -2.39. The van der Waals surface area contributed by atoms with Gasteiger partial charge in [-0.2, -0.15) is 4.31 Å². The van der Waals surface area contributed by atoms with E-state index >= 15 is 0 Å². The summed E-state index contributed by atoms with van der Waals surface area (Å²) in [5.41, 5.74) is 8.20. The molecule has 1 unspecified atom stereocenters. The zero-order valence-corrected chi connectivity index (χ0v) is 10.2. The zero-order valence-electron chi connectivity index (χ0n) is 9.42. The molecule has 0 bridgehead atoms. The third-order valence-electron chi connectivity index (χ3n) is 3.15. The minimum Gasteiger partial charge on any atom is -0.326 e. The van der Waals surface area contributed by atoms with Crippen molar-refractivity contribution < 1.29 is 8.42 Å². The monoisotopic (exact) mass is 240 g/mol. The number of benzene rings is 1. The average Bonchev–Trinajstić information content (AvgIpc) is 2.51. The van der Waals surface area contributed by atoms with E-state index in [-0.39, 0.29) is 12.1 Å². The smallest absolute Gasteiger partial charge is 0.211 e. The first-order valence-electron chi connectivity index (χ1n) is 5.17. The summed E-state index contributed by atoms with van der Waals surface area (Å²) in [4.78, 5) is 0. The van der Waals surface area contributed by atoms with Gasteiger partial charge in [0.25, 0.3) is 0 Å². The third kappa shape index (κ3) is 1.86. The van der Waals surface area contributed by atoms with Crippen molar-refractivity contribution in [2.75, 3.05) is 13.3 Å². The highest BCUT2D eigenvalue weighted by molar-refractivity contribution is 7.88. The second-order valence-electron chi connectivity index (χ2n) is 4.29. The van der Waals surface area contributed by atoms with Gasteiger partial charge in [0.1, 0.15) is 0 Å². The van der Waals surface area contributed by atoms with Gasteiger partial charge in [-0.05, 0) is 17.5 Å². The summed E-state index contributed by atoms with van der Waals surface area (Å²) in [6, 6.07) is 7.44. The molecule has 1 aliphatic rings. The highest BCUT2D eigenvalue weighted by atomic mass is 32.2. The number of nitrogens with zero attached hydrogens (tertiary/aromatic N) is 1. The fourth-order valence-corrected chi connectivity index (χ4v) is 2.96. The van der Waals surface area contributed by atoms with E-state index in [1.54, 1.807) is 7.05 Å². The van der Waals surface area contributed by atoms with Crippen molar-refractivity contribution in [2.45, 2.75) is 18.5 Å². The van der Waals surface area contributed by atoms with Gasteiger partial charge in [-0.25, -0.2) is 8.42 Å². The van der Waals surface area contributed by atoms with Crippen LogP contribution in [0.25, 0.3) is 0 Å². The summed E-state index contributed by atoms with van der Waals surface area (Å²) >= 11 is 0. The second-order valence-corrected chi connectivity index (χ2v) is 6.33. The minimum absolute atomic E-state index is 0.155. The Kier molecular flexibility index (Phi) is 2.77. The number of rotatable bonds is 2. The minimum atomic E-state index is -3.21. The predicted molar refractivity (Wildman–Crippen MR) is 63.5 cm³/mol. The number of sulfonamides is 1. The van der Waals surface area contributed by atoms with E-state index in [2.05, 4.69) is 0 Å². The van der Waals surface area contributed by atoms with Crippen molar-refractivity contribution in [3.05, 3.63) is 35.4 Å². The van der Waals surface area contributed by atoms with E-state index in [0.717, 1.165) is 17.5 Å². The lowest BCUT2D eigenvalue weighted by atomic mass is 10.1. The first-order valence-corrected chi connectivity index (χ1v) is 7.02. The van der Waals surface area contributed by atoms with Crippen LogP contribution >= 0.6 is 0 Å². The number of fused-ring (bicyclic) bond motifs is 1. The molecule has 0 spiro atoms. The van der Waals surface area contributed by atoms with Crippen LogP contribution in [0.15, 0.2) is 24.3 Å². The van der Waals surface area contributed by atoms with Crippen LogP contribution in [0.5, 0.6) is 0 Å². The first-order chi connectivity index (χ1) is 7.41. The molecule has 0 aliphatic heterocycles. The molecule has 2 atom stereocenters. The fraction of sp³-hybridized carbons (Fsp3) is 0.455. The summed E-state index contributed by atoms with van der Waals surface area (Å²) in [5, 5.41) is 0. The Hall–Kier alpha value is -0.910. The maximum absolute atomic E-state index is 11.5. The van der Waals surface area contributed by atoms with Crippen molar-refractivity contribution in [3.63, 3.8) is 0 Å². The summed E-state index contributed by atoms with van der Waals surface area (Å²) in [5.74, 6) is 0. The lowest BCUT2D eigenvalue weighted by molar-refractivity contribution is 0.345. The van der Waals surface area contributed by atoms with Crippen LogP contribution < -0.4 is 5.73 Å². The summed E-state index contributed by atoms with van der Waals surface area (Å²) in [7, 11) is -1.62. The maximum atomic E-state index is 11.5. The van der Waals surface area contributed by atoms with Crippen molar-refractivity contribution in [3.8, 4) is 0 Å². The van der Waals surface area contributed by atoms with E-state index in [1.807, 2.05) is 24.3 Å². The van der Waals surface area contributed by atoms with Crippen LogP contribution in [0.4, 0.5) is 0 Å². The van der Waals surface area contributed by atoms with Gasteiger partial charge in [0.15, 0.2) is 0 Å². The average molecular weight is 240 g/mol. The molecule has 4 nitrogen and oxygen atoms in total. The highest BCUT2D eigenvalue weighted by Gasteiger charge is 2.35. The van der Waals surface area contributed by atoms with E-state index < -0.39 is 10.0 Å². The molecule has 0 amide bonds. The van der Waals surface area contributed by atoms with Gasteiger partial charge >= 0.3 is 0 Å². The van der Waals surface area contributed by atoms with E-state index in [9.17, 15) is 8.42 Å². The fourth-order valence-electron chi connectivity index (χ4n) is 2.28. The molecule has 0 heterocycles. The van der Waals surface area contributed by atoms with Gasteiger partial charge < -0.3 is 5.73 Å². The third-order valence-corrected chi connectivity index (χ3v) is 4.42. The Morgan fingerprint density at radius 1 is 1.38 bits per heavy atom. The van der Waals surface area contributed by atoms with Gasteiger partial charge in [-0.1, -0.05) is 24.3 Å². The van der Waals surface area contributed by atoms with Crippen molar-refractivity contribution >= 4 is 10.0 Å². The van der Waals surface area contributed by atoms with Crippen LogP contribution in [0.1, 0.15) is 17.2 Å². The first kappa shape index (κ1) is 11.6. The SMILES string of the molecule is CN([C@@H]1c2ccccc2CC1N)S(C)(=O)=O. The van der Waals surface area contributed by atoms with Gasteiger partial charge in [0, 0.05) is 13.1 Å². The molecular formula is C11H16N2O2S. The summed E-state index contributed by atoms with van der Waals surface area (Å²) < 4.78 is 24.5. The Balaban J connectivity index is 2.43. The molecule has 2 N–H and O–H groups in total. The normalized spacial score (nSPS) is 24.8. The van der Waals surface area contributed by atoms with Gasteiger partial charge in [0.2, 0.25) is 10.0 Å². The molecule has 0 saturated heterocycles. The molecule has 16 heavy (non-hydrogen) atoms. The Bertz CT molecular complexity index is 498. The van der Waals surface area contributed by atoms with Crippen LogP contribution in [0.3, 0.4) is 0 Å². The zero-order chi connectivity index (χ0) is 11.9. The number of hydrogen-bond acceptors (Lipinski definition) is 3. The van der Waals surface area contributed by atoms with Crippen LogP contribution in [-0.4, -0.2) is 32.1 Å². The Morgan fingerprint density at radius 3 is 2.62 bits per heavy atom. The maximum Gasteiger partial charge on any atom is 0.211 e. The van der Waals surface area contributed by atoms with Crippen molar-refractivity contribution in [1.29, 1.82) is 0 Å². The van der Waals surface area contributed by atoms with Crippen LogP contribution in [-0.2, 0) is 16.4 Å². The van der Waals surface area contributed by atoms with Gasteiger partial charge in [0.05, 0.1) is 12.3 Å². The molecule has 88 valence electrons. The summed E-state index contributed by atoms with van der Waals surface area (Å²) in [6.07, 6.45) is 1.95. The molecule has 0 aromatic heterocycles. The molecule has 2 rings (SSSR count).